The normalized spacial score (nSPS) is 11.9. The highest BCUT2D eigenvalue weighted by atomic mass is 79.9. The van der Waals surface area contributed by atoms with Crippen molar-refractivity contribution in [3.8, 4) is 5.75 Å². The lowest BCUT2D eigenvalue weighted by molar-refractivity contribution is -0.121. The first kappa shape index (κ1) is 15.6. The number of nitrogens with one attached hydrogen (secondary N) is 1. The average molecular weight is 348 g/mol. The minimum absolute atomic E-state index is 0.0408. The number of aromatic hydroxyl groups is 1. The van der Waals surface area contributed by atoms with Crippen LogP contribution in [0.5, 0.6) is 5.75 Å². The molecule has 1 unspecified atom stereocenters. The van der Waals surface area contributed by atoms with Gasteiger partial charge in [-0.2, -0.15) is 0 Å². The van der Waals surface area contributed by atoms with E-state index in [-0.39, 0.29) is 24.1 Å². The van der Waals surface area contributed by atoms with Gasteiger partial charge in [0.2, 0.25) is 5.91 Å². The number of amides is 1. The molecule has 1 amide bonds. The third-order valence-corrected chi connectivity index (χ3v) is 3.93. The number of halogens is 1. The summed E-state index contributed by atoms with van der Waals surface area (Å²) in [6.45, 7) is 0. The molecule has 2 aromatic rings. The van der Waals surface area contributed by atoms with Gasteiger partial charge >= 0.3 is 0 Å². The molecule has 0 bridgehead atoms. The Labute approximate surface area is 133 Å². The van der Waals surface area contributed by atoms with Gasteiger partial charge in [-0.15, -0.1) is 0 Å². The van der Waals surface area contributed by atoms with E-state index in [0.29, 0.717) is 5.33 Å². The summed E-state index contributed by atoms with van der Waals surface area (Å²) < 4.78 is 0. The summed E-state index contributed by atoms with van der Waals surface area (Å²) in [6.07, 6.45) is 1.06. The Morgan fingerprint density at radius 3 is 2.48 bits per heavy atom. The number of benzene rings is 2. The van der Waals surface area contributed by atoms with Crippen LogP contribution in [0.1, 0.15) is 11.1 Å². The molecule has 0 aromatic heterocycles. The molecule has 0 spiro atoms. The molecule has 2 rings (SSSR count). The lowest BCUT2D eigenvalue weighted by Crippen LogP contribution is -2.38. The van der Waals surface area contributed by atoms with Crippen LogP contribution in [0.15, 0.2) is 54.6 Å². The van der Waals surface area contributed by atoms with Crippen LogP contribution in [-0.2, 0) is 17.6 Å². The van der Waals surface area contributed by atoms with E-state index in [1.165, 1.54) is 5.56 Å². The van der Waals surface area contributed by atoms with Gasteiger partial charge in [-0.1, -0.05) is 58.4 Å². The summed E-state index contributed by atoms with van der Waals surface area (Å²) in [7, 11) is 0. The molecule has 0 aliphatic heterocycles. The molecule has 2 N–H and O–H groups in total. The predicted octanol–water partition coefficient (Wildman–Crippen LogP) is 3.06. The fraction of sp³-hybridized carbons (Fsp3) is 0.235. The second kappa shape index (κ2) is 7.84. The van der Waals surface area contributed by atoms with Crippen LogP contribution in [-0.4, -0.2) is 22.4 Å². The van der Waals surface area contributed by atoms with Gasteiger partial charge in [0, 0.05) is 11.4 Å². The fourth-order valence-corrected chi connectivity index (χ4v) is 2.56. The largest absolute Gasteiger partial charge is 0.508 e. The van der Waals surface area contributed by atoms with E-state index in [1.54, 1.807) is 18.2 Å². The van der Waals surface area contributed by atoms with E-state index in [9.17, 15) is 9.90 Å². The zero-order valence-electron chi connectivity index (χ0n) is 11.6. The molecule has 0 radical (unpaired) electrons. The van der Waals surface area contributed by atoms with Crippen molar-refractivity contribution >= 4 is 21.8 Å². The van der Waals surface area contributed by atoms with Gasteiger partial charge < -0.3 is 10.4 Å². The molecule has 0 saturated heterocycles. The van der Waals surface area contributed by atoms with E-state index >= 15 is 0 Å². The van der Waals surface area contributed by atoms with Gasteiger partial charge in [-0.05, 0) is 29.7 Å². The van der Waals surface area contributed by atoms with E-state index in [1.807, 2.05) is 24.3 Å². The molecule has 2 aromatic carbocycles. The summed E-state index contributed by atoms with van der Waals surface area (Å²) in [5.74, 6) is 0.141. The van der Waals surface area contributed by atoms with Crippen molar-refractivity contribution in [2.24, 2.45) is 0 Å². The number of carbonyl (C=O) groups excluding carboxylic acids is 1. The first-order chi connectivity index (χ1) is 10.2. The van der Waals surface area contributed by atoms with Crippen LogP contribution in [0.25, 0.3) is 0 Å². The van der Waals surface area contributed by atoms with Gasteiger partial charge in [0.15, 0.2) is 0 Å². The SMILES string of the molecule is O=C(Cc1cccc(O)c1)NC(CBr)Cc1ccccc1. The molecule has 21 heavy (non-hydrogen) atoms. The number of carbonyl (C=O) groups is 1. The molecular weight excluding hydrogens is 330 g/mol. The van der Waals surface area contributed by atoms with Crippen LogP contribution in [0.4, 0.5) is 0 Å². The number of hydrogen-bond donors (Lipinski definition) is 2. The lowest BCUT2D eigenvalue weighted by atomic mass is 10.1. The molecule has 0 saturated carbocycles. The van der Waals surface area contributed by atoms with Gasteiger partial charge in [0.25, 0.3) is 0 Å². The Hall–Kier alpha value is -1.81. The predicted molar refractivity (Wildman–Crippen MR) is 87.7 cm³/mol. The number of phenols is 1. The molecule has 0 heterocycles. The second-order valence-electron chi connectivity index (χ2n) is 4.96. The number of rotatable bonds is 6. The fourth-order valence-electron chi connectivity index (χ4n) is 2.17. The smallest absolute Gasteiger partial charge is 0.224 e. The maximum atomic E-state index is 12.1. The van der Waals surface area contributed by atoms with E-state index < -0.39 is 0 Å². The van der Waals surface area contributed by atoms with Crippen molar-refractivity contribution < 1.29 is 9.90 Å². The van der Waals surface area contributed by atoms with Crippen LogP contribution in [0, 0.1) is 0 Å². The Kier molecular flexibility index (Phi) is 5.81. The molecule has 110 valence electrons. The van der Waals surface area contributed by atoms with E-state index in [2.05, 4.69) is 33.4 Å². The van der Waals surface area contributed by atoms with Gasteiger partial charge in [-0.25, -0.2) is 0 Å². The average Bonchev–Trinajstić information content (AvgIpc) is 2.47. The third-order valence-electron chi connectivity index (χ3n) is 3.15. The Morgan fingerprint density at radius 1 is 1.10 bits per heavy atom. The molecule has 0 aliphatic rings. The summed E-state index contributed by atoms with van der Waals surface area (Å²) in [6, 6.07) is 16.9. The third kappa shape index (κ3) is 5.23. The monoisotopic (exact) mass is 347 g/mol. The highest BCUT2D eigenvalue weighted by Gasteiger charge is 2.12. The molecule has 0 aliphatic carbocycles. The summed E-state index contributed by atoms with van der Waals surface area (Å²) in [5.41, 5.74) is 2.00. The standard InChI is InChI=1S/C17H18BrNO2/c18-12-15(9-13-5-2-1-3-6-13)19-17(21)11-14-7-4-8-16(20)10-14/h1-8,10,15,20H,9,11-12H2,(H,19,21). The van der Waals surface area contributed by atoms with E-state index in [4.69, 9.17) is 0 Å². The number of phenolic OH excluding ortho intramolecular Hbond substituents is 1. The van der Waals surface area contributed by atoms with Gasteiger partial charge in [0.1, 0.15) is 5.75 Å². The molecule has 1 atom stereocenters. The van der Waals surface area contributed by atoms with Crippen LogP contribution in [0.3, 0.4) is 0 Å². The van der Waals surface area contributed by atoms with Crippen LogP contribution < -0.4 is 5.32 Å². The maximum absolute atomic E-state index is 12.1. The summed E-state index contributed by atoms with van der Waals surface area (Å²) in [5, 5.41) is 13.1. The Balaban J connectivity index is 1.90. The van der Waals surface area contributed by atoms with Gasteiger partial charge in [-0.3, -0.25) is 4.79 Å². The molecular formula is C17H18BrNO2. The van der Waals surface area contributed by atoms with Crippen LogP contribution >= 0.6 is 15.9 Å². The van der Waals surface area contributed by atoms with Crippen molar-refractivity contribution in [2.75, 3.05) is 5.33 Å². The van der Waals surface area contributed by atoms with Gasteiger partial charge in [0.05, 0.1) is 6.42 Å². The lowest BCUT2D eigenvalue weighted by Gasteiger charge is -2.16. The first-order valence-electron chi connectivity index (χ1n) is 6.84. The van der Waals surface area contributed by atoms with Crippen LogP contribution in [0.2, 0.25) is 0 Å². The summed E-state index contributed by atoms with van der Waals surface area (Å²) >= 11 is 3.44. The zero-order chi connectivity index (χ0) is 15.1. The molecule has 4 heteroatoms. The molecule has 3 nitrogen and oxygen atoms in total. The number of hydrogen-bond acceptors (Lipinski definition) is 2. The number of alkyl halides is 1. The minimum Gasteiger partial charge on any atom is -0.508 e. The first-order valence-corrected chi connectivity index (χ1v) is 7.96. The molecule has 0 fully saturated rings. The highest BCUT2D eigenvalue weighted by molar-refractivity contribution is 9.09. The van der Waals surface area contributed by atoms with Crippen molar-refractivity contribution in [3.05, 3.63) is 65.7 Å². The zero-order valence-corrected chi connectivity index (χ0v) is 13.2. The van der Waals surface area contributed by atoms with Crippen molar-refractivity contribution in [3.63, 3.8) is 0 Å². The quantitative estimate of drug-likeness (QED) is 0.789. The van der Waals surface area contributed by atoms with E-state index in [0.717, 1.165) is 12.0 Å². The minimum atomic E-state index is -0.0408. The second-order valence-corrected chi connectivity index (χ2v) is 5.60. The summed E-state index contributed by atoms with van der Waals surface area (Å²) in [4.78, 5) is 12.1. The Morgan fingerprint density at radius 2 is 1.81 bits per heavy atom. The maximum Gasteiger partial charge on any atom is 0.224 e. The topological polar surface area (TPSA) is 49.3 Å². The highest BCUT2D eigenvalue weighted by Crippen LogP contribution is 2.12. The van der Waals surface area contributed by atoms with Crippen molar-refractivity contribution in [1.29, 1.82) is 0 Å². The van der Waals surface area contributed by atoms with Crippen molar-refractivity contribution in [1.82, 2.24) is 5.32 Å². The Bertz CT molecular complexity index is 586. The van der Waals surface area contributed by atoms with Crippen molar-refractivity contribution in [2.45, 2.75) is 18.9 Å².